The number of hydrogen-bond donors (Lipinski definition) is 1. The van der Waals surface area contributed by atoms with Crippen LogP contribution in [-0.2, 0) is 14.3 Å². The zero-order valence-electron chi connectivity index (χ0n) is 20.5. The van der Waals surface area contributed by atoms with Crippen molar-refractivity contribution < 1.29 is 14.3 Å². The lowest BCUT2D eigenvalue weighted by molar-refractivity contribution is -0.129. The maximum atomic E-state index is 14.0. The van der Waals surface area contributed by atoms with Crippen LogP contribution in [0.4, 0.5) is 0 Å². The van der Waals surface area contributed by atoms with E-state index in [9.17, 15) is 9.59 Å². The smallest absolute Gasteiger partial charge is 0.257 e. The number of carbonyl (C=O) groups is 2. The van der Waals surface area contributed by atoms with E-state index in [0.29, 0.717) is 24.4 Å². The van der Waals surface area contributed by atoms with Gasteiger partial charge < -0.3 is 10.1 Å². The minimum absolute atomic E-state index is 0.00429. The Morgan fingerprint density at radius 1 is 1.32 bits per heavy atom. The zero-order valence-corrected chi connectivity index (χ0v) is 20.5. The van der Waals surface area contributed by atoms with Gasteiger partial charge >= 0.3 is 0 Å². The Morgan fingerprint density at radius 2 is 2.03 bits per heavy atom. The third-order valence-corrected chi connectivity index (χ3v) is 7.78. The van der Waals surface area contributed by atoms with Crippen molar-refractivity contribution in [2.75, 3.05) is 6.61 Å². The van der Waals surface area contributed by atoms with Gasteiger partial charge in [-0.25, -0.2) is 0 Å². The Kier molecular flexibility index (Phi) is 7.30. The van der Waals surface area contributed by atoms with Crippen molar-refractivity contribution in [3.05, 3.63) is 34.9 Å². The number of amides is 1. The van der Waals surface area contributed by atoms with Gasteiger partial charge in [0.05, 0.1) is 5.57 Å². The van der Waals surface area contributed by atoms with E-state index in [1.54, 1.807) is 6.08 Å². The first-order chi connectivity index (χ1) is 14.6. The summed E-state index contributed by atoms with van der Waals surface area (Å²) in [5.74, 6) is 1.38. The van der Waals surface area contributed by atoms with Gasteiger partial charge in [0.2, 0.25) is 0 Å². The second-order valence-electron chi connectivity index (χ2n) is 10.4. The summed E-state index contributed by atoms with van der Waals surface area (Å²) in [6.07, 6.45) is 10.5. The quantitative estimate of drug-likeness (QED) is 0.327. The molecule has 0 aromatic rings. The van der Waals surface area contributed by atoms with E-state index in [1.807, 2.05) is 13.8 Å². The number of hydrogen-bond acceptors (Lipinski definition) is 3. The Bertz CT molecular complexity index is 807. The molecule has 3 rings (SSSR count). The van der Waals surface area contributed by atoms with Gasteiger partial charge in [0.25, 0.3) is 5.91 Å². The van der Waals surface area contributed by atoms with E-state index in [-0.39, 0.29) is 35.0 Å². The van der Waals surface area contributed by atoms with E-state index in [1.165, 1.54) is 11.1 Å². The van der Waals surface area contributed by atoms with Crippen molar-refractivity contribution in [1.82, 2.24) is 5.32 Å². The molecule has 7 atom stereocenters. The maximum Gasteiger partial charge on any atom is 0.257 e. The van der Waals surface area contributed by atoms with Gasteiger partial charge in [-0.05, 0) is 76.7 Å². The van der Waals surface area contributed by atoms with Crippen molar-refractivity contribution in [2.24, 2.45) is 35.5 Å². The van der Waals surface area contributed by atoms with Crippen molar-refractivity contribution in [2.45, 2.75) is 79.9 Å². The Balaban J connectivity index is 1.99. The van der Waals surface area contributed by atoms with Crippen LogP contribution >= 0.6 is 0 Å². The summed E-state index contributed by atoms with van der Waals surface area (Å²) in [6.45, 7) is 15.5. The molecule has 1 fully saturated rings. The summed E-state index contributed by atoms with van der Waals surface area (Å²) in [6, 6.07) is 0. The topological polar surface area (TPSA) is 55.4 Å². The fourth-order valence-corrected chi connectivity index (χ4v) is 6.36. The van der Waals surface area contributed by atoms with Crippen molar-refractivity contribution in [3.63, 3.8) is 0 Å². The fraction of sp³-hybridized carbons (Fsp3) is 0.704. The molecule has 0 aromatic carbocycles. The number of fused-ring (bicyclic) bond motifs is 1. The van der Waals surface area contributed by atoms with Crippen LogP contribution in [0.15, 0.2) is 34.9 Å². The van der Waals surface area contributed by atoms with Crippen LogP contribution in [0.25, 0.3) is 0 Å². The van der Waals surface area contributed by atoms with Crippen molar-refractivity contribution in [1.29, 1.82) is 0 Å². The number of nitrogens with one attached hydrogen (secondary N) is 1. The van der Waals surface area contributed by atoms with Crippen LogP contribution in [0.1, 0.15) is 74.1 Å². The van der Waals surface area contributed by atoms with E-state index >= 15 is 0 Å². The fourth-order valence-electron chi connectivity index (χ4n) is 6.36. The number of unbranched alkanes of at least 4 members (excludes halogenated alkanes) is 1. The molecule has 1 heterocycles. The molecule has 3 aliphatic rings. The number of ketones is 1. The molecule has 4 nitrogen and oxygen atoms in total. The Labute approximate surface area is 188 Å². The van der Waals surface area contributed by atoms with E-state index in [2.05, 4.69) is 52.1 Å². The van der Waals surface area contributed by atoms with Crippen molar-refractivity contribution in [3.8, 4) is 0 Å². The van der Waals surface area contributed by atoms with Crippen LogP contribution in [0.5, 0.6) is 0 Å². The highest BCUT2D eigenvalue weighted by atomic mass is 16.5. The minimum Gasteiger partial charge on any atom is -0.352 e. The first-order valence-corrected chi connectivity index (χ1v) is 12.2. The number of Topliss-reactive ketones (excluding diaryl/α,β-unsaturated/α-hetero) is 1. The van der Waals surface area contributed by atoms with Crippen LogP contribution < -0.4 is 5.32 Å². The molecule has 0 aromatic heterocycles. The maximum absolute atomic E-state index is 14.0. The molecular formula is C27H41NO3. The average molecular weight is 428 g/mol. The highest BCUT2D eigenvalue weighted by Gasteiger charge is 2.50. The number of carbonyl (C=O) groups excluding carboxylic acids is 2. The minimum atomic E-state index is -0.895. The molecule has 172 valence electrons. The lowest BCUT2D eigenvalue weighted by Gasteiger charge is -2.48. The molecule has 4 heteroatoms. The highest BCUT2D eigenvalue weighted by Crippen LogP contribution is 2.52. The lowest BCUT2D eigenvalue weighted by atomic mass is 9.55. The van der Waals surface area contributed by atoms with Gasteiger partial charge in [-0.3, -0.25) is 9.59 Å². The number of allylic oxidation sites excluding steroid dienone is 4. The largest absolute Gasteiger partial charge is 0.352 e. The normalized spacial score (nSPS) is 38.3. The van der Waals surface area contributed by atoms with Gasteiger partial charge in [0.15, 0.2) is 11.5 Å². The number of rotatable bonds is 7. The highest BCUT2D eigenvalue weighted by molar-refractivity contribution is 6.22. The third-order valence-electron chi connectivity index (χ3n) is 7.78. The summed E-state index contributed by atoms with van der Waals surface area (Å²) < 4.78 is 5.94. The Morgan fingerprint density at radius 3 is 2.68 bits per heavy atom. The SMILES string of the molecule is C/C=C(\C)[C@@H]1C(C)=C[C@@H]2C[C@H](C)C[C@H](C)[C@@H]2[C@@H]1C(=O)C1=CC(C)(OCCCC)NC1=O. The van der Waals surface area contributed by atoms with E-state index in [0.717, 1.165) is 25.7 Å². The zero-order chi connectivity index (χ0) is 22.9. The molecule has 1 aliphatic heterocycles. The van der Waals surface area contributed by atoms with Gasteiger partial charge in [-0.1, -0.05) is 50.5 Å². The predicted molar refractivity (Wildman–Crippen MR) is 125 cm³/mol. The molecule has 0 saturated heterocycles. The molecule has 1 N–H and O–H groups in total. The van der Waals surface area contributed by atoms with Crippen LogP contribution in [0.3, 0.4) is 0 Å². The average Bonchev–Trinajstić information content (AvgIpc) is 3.00. The number of ether oxygens (including phenoxy) is 1. The monoisotopic (exact) mass is 427 g/mol. The molecular weight excluding hydrogens is 386 g/mol. The van der Waals surface area contributed by atoms with Crippen LogP contribution in [-0.4, -0.2) is 24.0 Å². The van der Waals surface area contributed by atoms with Crippen molar-refractivity contribution >= 4 is 11.7 Å². The standard InChI is InChI=1S/C27H41NO3/c1-8-10-11-31-27(7)15-21(26(30)28-27)25(29)24-22(17(4)9-2)19(6)14-20-13-16(3)12-18(5)23(20)24/h9,14-16,18,20,22-24H,8,10-13H2,1-7H3,(H,28,30)/b17-9+/t16-,18+,20+,22-,23+,24-,27?/m1/s1. The second kappa shape index (κ2) is 9.44. The van der Waals surface area contributed by atoms with E-state index < -0.39 is 5.72 Å². The molecule has 0 bridgehead atoms. The summed E-state index contributed by atoms with van der Waals surface area (Å²) in [5, 5.41) is 2.91. The third kappa shape index (κ3) is 4.74. The lowest BCUT2D eigenvalue weighted by Crippen LogP contribution is -2.46. The summed E-state index contributed by atoms with van der Waals surface area (Å²) in [7, 11) is 0. The first kappa shape index (κ1) is 24.0. The molecule has 0 radical (unpaired) electrons. The molecule has 1 saturated carbocycles. The first-order valence-electron chi connectivity index (χ1n) is 12.2. The van der Waals surface area contributed by atoms with Gasteiger partial charge in [0, 0.05) is 18.4 Å². The van der Waals surface area contributed by atoms with E-state index in [4.69, 9.17) is 4.74 Å². The molecule has 31 heavy (non-hydrogen) atoms. The molecule has 0 spiro atoms. The van der Waals surface area contributed by atoms with Crippen LogP contribution in [0, 0.1) is 35.5 Å². The summed E-state index contributed by atoms with van der Waals surface area (Å²) in [5.41, 5.74) is 1.89. The molecule has 1 unspecified atom stereocenters. The van der Waals surface area contributed by atoms with Gasteiger partial charge in [-0.15, -0.1) is 0 Å². The molecule has 1 amide bonds. The Hall–Kier alpha value is -1.68. The summed E-state index contributed by atoms with van der Waals surface area (Å²) in [4.78, 5) is 27.0. The summed E-state index contributed by atoms with van der Waals surface area (Å²) >= 11 is 0. The van der Waals surface area contributed by atoms with Gasteiger partial charge in [0.1, 0.15) is 0 Å². The van der Waals surface area contributed by atoms with Crippen LogP contribution in [0.2, 0.25) is 0 Å². The second-order valence-corrected chi connectivity index (χ2v) is 10.4. The predicted octanol–water partition coefficient (Wildman–Crippen LogP) is 5.60. The van der Waals surface area contributed by atoms with Gasteiger partial charge in [-0.2, -0.15) is 0 Å². The molecule has 2 aliphatic carbocycles.